The largest absolute Gasteiger partial charge is 0.508 e. The van der Waals surface area contributed by atoms with Gasteiger partial charge in [-0.2, -0.15) is 0 Å². The molecule has 1 heterocycles. The summed E-state index contributed by atoms with van der Waals surface area (Å²) in [7, 11) is 0. The Morgan fingerprint density at radius 2 is 2.31 bits per heavy atom. The minimum absolute atomic E-state index is 0.119. The molecule has 1 atom stereocenters. The molecule has 0 saturated carbocycles. The molecule has 0 bridgehead atoms. The molecule has 0 spiro atoms. The van der Waals surface area contributed by atoms with E-state index in [1.807, 2.05) is 6.07 Å². The lowest BCUT2D eigenvalue weighted by atomic mass is 9.98. The average molecular weight is 222 g/mol. The van der Waals surface area contributed by atoms with Crippen molar-refractivity contribution < 1.29 is 19.7 Å². The number of fused-ring (bicyclic) bond motifs is 1. The summed E-state index contributed by atoms with van der Waals surface area (Å²) in [4.78, 5) is 10.7. The van der Waals surface area contributed by atoms with Crippen LogP contribution in [0.3, 0.4) is 0 Å². The van der Waals surface area contributed by atoms with Crippen LogP contribution in [-0.2, 0) is 17.6 Å². The van der Waals surface area contributed by atoms with Crippen molar-refractivity contribution >= 4 is 5.97 Å². The Morgan fingerprint density at radius 3 is 3.00 bits per heavy atom. The summed E-state index contributed by atoms with van der Waals surface area (Å²) in [6, 6.07) is 3.42. The SMILES string of the molecule is CC(Cc1cc2c(cc1O)OCC2)C(=O)O. The number of ether oxygens (including phenoxy) is 1. The van der Waals surface area contributed by atoms with Crippen LogP contribution >= 0.6 is 0 Å². The number of benzene rings is 1. The molecular weight excluding hydrogens is 208 g/mol. The van der Waals surface area contributed by atoms with Gasteiger partial charge in [-0.1, -0.05) is 6.92 Å². The van der Waals surface area contributed by atoms with Crippen molar-refractivity contribution in [1.82, 2.24) is 0 Å². The molecule has 1 aliphatic heterocycles. The van der Waals surface area contributed by atoms with Crippen LogP contribution in [-0.4, -0.2) is 22.8 Å². The van der Waals surface area contributed by atoms with Gasteiger partial charge in [0.25, 0.3) is 0 Å². The van der Waals surface area contributed by atoms with Gasteiger partial charge in [0.1, 0.15) is 11.5 Å². The number of phenols is 1. The average Bonchev–Trinajstić information content (AvgIpc) is 2.65. The van der Waals surface area contributed by atoms with E-state index < -0.39 is 11.9 Å². The normalized spacial score (nSPS) is 15.3. The fraction of sp³-hybridized carbons (Fsp3) is 0.417. The Kier molecular flexibility index (Phi) is 2.73. The Balaban J connectivity index is 2.25. The lowest BCUT2D eigenvalue weighted by Gasteiger charge is -2.10. The molecule has 0 aromatic heterocycles. The van der Waals surface area contributed by atoms with Crippen molar-refractivity contribution in [2.24, 2.45) is 5.92 Å². The van der Waals surface area contributed by atoms with E-state index in [0.717, 1.165) is 12.0 Å². The molecule has 4 heteroatoms. The highest BCUT2D eigenvalue weighted by atomic mass is 16.5. The maximum atomic E-state index is 10.7. The van der Waals surface area contributed by atoms with Gasteiger partial charge in [-0.15, -0.1) is 0 Å². The highest BCUT2D eigenvalue weighted by molar-refractivity contribution is 5.70. The molecule has 4 nitrogen and oxygen atoms in total. The van der Waals surface area contributed by atoms with Crippen LogP contribution in [0.15, 0.2) is 12.1 Å². The van der Waals surface area contributed by atoms with Crippen LogP contribution in [0.1, 0.15) is 18.1 Å². The minimum Gasteiger partial charge on any atom is -0.508 e. The third-order valence-electron chi connectivity index (χ3n) is 2.84. The number of carbonyl (C=O) groups is 1. The molecule has 1 aromatic rings. The molecule has 0 fully saturated rings. The zero-order chi connectivity index (χ0) is 11.7. The molecule has 16 heavy (non-hydrogen) atoms. The predicted octanol–water partition coefficient (Wildman–Crippen LogP) is 1.59. The van der Waals surface area contributed by atoms with E-state index >= 15 is 0 Å². The first kappa shape index (κ1) is 10.8. The highest BCUT2D eigenvalue weighted by Gasteiger charge is 2.19. The lowest BCUT2D eigenvalue weighted by molar-refractivity contribution is -0.141. The van der Waals surface area contributed by atoms with E-state index in [2.05, 4.69) is 0 Å². The Bertz CT molecular complexity index is 425. The summed E-state index contributed by atoms with van der Waals surface area (Å²) >= 11 is 0. The molecular formula is C12H14O4. The number of phenolic OH excluding ortho intramolecular Hbond substituents is 1. The Labute approximate surface area is 93.5 Å². The molecule has 2 rings (SSSR count). The van der Waals surface area contributed by atoms with Crippen LogP contribution in [0.5, 0.6) is 11.5 Å². The summed E-state index contributed by atoms with van der Waals surface area (Å²) in [6.07, 6.45) is 1.17. The second-order valence-electron chi connectivity index (χ2n) is 4.13. The molecule has 1 aromatic carbocycles. The highest BCUT2D eigenvalue weighted by Crippen LogP contribution is 2.33. The number of rotatable bonds is 3. The van der Waals surface area contributed by atoms with Crippen molar-refractivity contribution in [1.29, 1.82) is 0 Å². The Hall–Kier alpha value is -1.71. The van der Waals surface area contributed by atoms with Crippen LogP contribution < -0.4 is 4.74 Å². The maximum Gasteiger partial charge on any atom is 0.306 e. The van der Waals surface area contributed by atoms with Gasteiger partial charge in [-0.25, -0.2) is 0 Å². The fourth-order valence-electron chi connectivity index (χ4n) is 1.85. The van der Waals surface area contributed by atoms with Crippen molar-refractivity contribution in [3.05, 3.63) is 23.3 Å². The second-order valence-corrected chi connectivity index (χ2v) is 4.13. The Morgan fingerprint density at radius 1 is 1.56 bits per heavy atom. The first-order valence-corrected chi connectivity index (χ1v) is 5.28. The van der Waals surface area contributed by atoms with Gasteiger partial charge < -0.3 is 14.9 Å². The monoisotopic (exact) mass is 222 g/mol. The number of carboxylic acids is 1. The molecule has 1 aliphatic rings. The van der Waals surface area contributed by atoms with Gasteiger partial charge in [0.05, 0.1) is 12.5 Å². The number of hydrogen-bond donors (Lipinski definition) is 2. The zero-order valence-electron chi connectivity index (χ0n) is 9.06. The summed E-state index contributed by atoms with van der Waals surface area (Å²) < 4.78 is 5.31. The van der Waals surface area contributed by atoms with Crippen LogP contribution in [0.25, 0.3) is 0 Å². The van der Waals surface area contributed by atoms with Crippen molar-refractivity contribution in [2.75, 3.05) is 6.61 Å². The summed E-state index contributed by atoms with van der Waals surface area (Å²) in [5.41, 5.74) is 1.73. The van der Waals surface area contributed by atoms with E-state index in [1.165, 1.54) is 0 Å². The summed E-state index contributed by atoms with van der Waals surface area (Å²) in [6.45, 7) is 2.26. The van der Waals surface area contributed by atoms with E-state index in [9.17, 15) is 9.90 Å². The predicted molar refractivity (Wildman–Crippen MR) is 57.8 cm³/mol. The van der Waals surface area contributed by atoms with Crippen LogP contribution in [0, 0.1) is 5.92 Å². The van der Waals surface area contributed by atoms with Crippen molar-refractivity contribution in [3.63, 3.8) is 0 Å². The van der Waals surface area contributed by atoms with E-state index in [1.54, 1.807) is 13.0 Å². The van der Waals surface area contributed by atoms with Gasteiger partial charge >= 0.3 is 5.97 Å². The molecule has 86 valence electrons. The van der Waals surface area contributed by atoms with Crippen LogP contribution in [0.2, 0.25) is 0 Å². The van der Waals surface area contributed by atoms with Gasteiger partial charge in [-0.05, 0) is 23.6 Å². The topological polar surface area (TPSA) is 66.8 Å². The molecule has 0 radical (unpaired) electrons. The number of aromatic hydroxyl groups is 1. The summed E-state index contributed by atoms with van der Waals surface area (Å²) in [5.74, 6) is -0.514. The van der Waals surface area contributed by atoms with Gasteiger partial charge in [0, 0.05) is 12.5 Å². The molecule has 0 saturated heterocycles. The third kappa shape index (κ3) is 1.96. The van der Waals surface area contributed by atoms with E-state index in [4.69, 9.17) is 9.84 Å². The first-order valence-electron chi connectivity index (χ1n) is 5.28. The fourth-order valence-corrected chi connectivity index (χ4v) is 1.85. The van der Waals surface area contributed by atoms with Gasteiger partial charge in [0.2, 0.25) is 0 Å². The van der Waals surface area contributed by atoms with E-state index in [-0.39, 0.29) is 5.75 Å². The first-order chi connectivity index (χ1) is 7.58. The third-order valence-corrected chi connectivity index (χ3v) is 2.84. The smallest absolute Gasteiger partial charge is 0.306 e. The molecule has 0 amide bonds. The molecule has 1 unspecified atom stereocenters. The van der Waals surface area contributed by atoms with Crippen molar-refractivity contribution in [3.8, 4) is 11.5 Å². The molecule has 2 N–H and O–H groups in total. The lowest BCUT2D eigenvalue weighted by Crippen LogP contribution is -2.12. The van der Waals surface area contributed by atoms with E-state index in [0.29, 0.717) is 24.3 Å². The number of carboxylic acid groups (broad SMARTS) is 1. The van der Waals surface area contributed by atoms with Gasteiger partial charge in [0.15, 0.2) is 0 Å². The van der Waals surface area contributed by atoms with Crippen molar-refractivity contribution in [2.45, 2.75) is 19.8 Å². The van der Waals surface area contributed by atoms with Crippen LogP contribution in [0.4, 0.5) is 0 Å². The zero-order valence-corrected chi connectivity index (χ0v) is 9.06. The quantitative estimate of drug-likeness (QED) is 0.815. The summed E-state index contributed by atoms with van der Waals surface area (Å²) in [5, 5.41) is 18.6. The van der Waals surface area contributed by atoms with Gasteiger partial charge in [-0.3, -0.25) is 4.79 Å². The molecule has 0 aliphatic carbocycles. The number of hydrogen-bond acceptors (Lipinski definition) is 3. The minimum atomic E-state index is -0.851. The number of aliphatic carboxylic acids is 1. The standard InChI is InChI=1S/C12H14O4/c1-7(12(14)15)4-9-5-8-2-3-16-11(8)6-10(9)13/h5-7,13H,2-4H2,1H3,(H,14,15). The maximum absolute atomic E-state index is 10.7. The second kappa shape index (κ2) is 4.04.